The summed E-state index contributed by atoms with van der Waals surface area (Å²) in [5.74, 6) is 0. The molecule has 7 aromatic rings. The molecule has 3 nitrogen and oxygen atoms in total. The smallest absolute Gasteiger partial charge is 0.181 e. The zero-order valence-electron chi connectivity index (χ0n) is 28.5. The Morgan fingerprint density at radius 3 is 1.48 bits per heavy atom. The molecule has 7 aromatic carbocycles. The van der Waals surface area contributed by atoms with E-state index >= 15 is 0 Å². The van der Waals surface area contributed by atoms with Gasteiger partial charge in [0.15, 0.2) is 8.07 Å². The molecule has 0 fully saturated rings. The van der Waals surface area contributed by atoms with Crippen LogP contribution < -0.4 is 30.5 Å². The molecule has 0 aliphatic carbocycles. The molecule has 0 amide bonds. The molecule has 0 bridgehead atoms. The number of benzene rings is 7. The van der Waals surface area contributed by atoms with E-state index in [9.17, 15) is 4.79 Å². The van der Waals surface area contributed by atoms with Crippen molar-refractivity contribution in [2.75, 3.05) is 16.8 Å². The Bertz CT molecular complexity index is 2290. The average Bonchev–Trinajstić information content (AvgIpc) is 3.45. The number of fused-ring (bicyclic) bond motifs is 3. The highest BCUT2D eigenvalue weighted by Gasteiger charge is 2.49. The lowest BCUT2D eigenvalue weighted by Crippen LogP contribution is -2.72. The van der Waals surface area contributed by atoms with E-state index in [1.807, 2.05) is 24.3 Å². The Morgan fingerprint density at radius 1 is 0.460 bits per heavy atom. The maximum atomic E-state index is 11.6. The summed E-state index contributed by atoms with van der Waals surface area (Å²) in [6, 6.07) is 61.6. The van der Waals surface area contributed by atoms with Gasteiger partial charge >= 0.3 is 0 Å². The minimum Gasteiger partial charge on any atom is -0.345 e. The molecule has 0 radical (unpaired) electrons. The van der Waals surface area contributed by atoms with Gasteiger partial charge in [-0.15, -0.1) is 0 Å². The lowest BCUT2D eigenvalue weighted by molar-refractivity contribution is 0.112. The van der Waals surface area contributed by atoms with E-state index in [2.05, 4.69) is 176 Å². The SMILES string of the molecule is Cc1cccc(N(C)c2ccc3c(c2)[Si](c2ccccc2)(c2ccccc2)c2cc(N(c4ccc(C=O)cc4)c4cccc(C)c4)ccc2-3)c1. The van der Waals surface area contributed by atoms with Crippen molar-refractivity contribution in [2.24, 2.45) is 0 Å². The van der Waals surface area contributed by atoms with Crippen molar-refractivity contribution >= 4 is 63.5 Å². The van der Waals surface area contributed by atoms with E-state index in [0.717, 1.165) is 23.3 Å². The standard InChI is InChI=1S/C46H38N2OSi/c1-33-12-10-14-37(28-33)47(3)38-24-26-43-44-27-25-40(48(39-15-11-13-34(2)29-39)36-22-20-35(32-49)21-23-36)31-46(44)50(45(43)30-38,41-16-6-4-7-17-41)42-18-8-5-9-19-42/h4-32H,1-3H3. The average molecular weight is 663 g/mol. The summed E-state index contributed by atoms with van der Waals surface area (Å²) in [6.07, 6.45) is 0.901. The van der Waals surface area contributed by atoms with E-state index in [1.54, 1.807) is 0 Å². The fraction of sp³-hybridized carbons (Fsp3) is 0.0652. The van der Waals surface area contributed by atoms with Gasteiger partial charge in [0.05, 0.1) is 0 Å². The van der Waals surface area contributed by atoms with Gasteiger partial charge in [-0.25, -0.2) is 0 Å². The zero-order valence-corrected chi connectivity index (χ0v) is 29.5. The molecule has 4 heteroatoms. The third kappa shape index (κ3) is 5.25. The first-order valence-electron chi connectivity index (χ1n) is 17.1. The molecule has 1 aliphatic rings. The minimum atomic E-state index is -2.82. The van der Waals surface area contributed by atoms with E-state index < -0.39 is 8.07 Å². The van der Waals surface area contributed by atoms with Crippen molar-refractivity contribution in [3.05, 3.63) is 187 Å². The molecule has 242 valence electrons. The minimum absolute atomic E-state index is 0.661. The van der Waals surface area contributed by atoms with Crippen molar-refractivity contribution in [3.8, 4) is 11.1 Å². The fourth-order valence-electron chi connectivity index (χ4n) is 7.71. The largest absolute Gasteiger partial charge is 0.345 e. The quantitative estimate of drug-likeness (QED) is 0.120. The van der Waals surface area contributed by atoms with Gasteiger partial charge < -0.3 is 9.80 Å². The maximum absolute atomic E-state index is 11.6. The third-order valence-electron chi connectivity index (χ3n) is 10.1. The lowest BCUT2D eigenvalue weighted by Gasteiger charge is -2.33. The monoisotopic (exact) mass is 662 g/mol. The fourth-order valence-corrected chi connectivity index (χ4v) is 12.9. The van der Waals surface area contributed by atoms with Crippen LogP contribution in [0.25, 0.3) is 11.1 Å². The van der Waals surface area contributed by atoms with Gasteiger partial charge in [-0.2, -0.15) is 0 Å². The summed E-state index contributed by atoms with van der Waals surface area (Å²) in [5.41, 5.74) is 11.2. The molecule has 0 unspecified atom stereocenters. The third-order valence-corrected chi connectivity index (χ3v) is 14.9. The van der Waals surface area contributed by atoms with E-state index in [1.165, 1.54) is 54.4 Å². The van der Waals surface area contributed by atoms with Crippen LogP contribution in [0.3, 0.4) is 0 Å². The summed E-state index contributed by atoms with van der Waals surface area (Å²) in [7, 11) is -0.652. The summed E-state index contributed by atoms with van der Waals surface area (Å²) in [4.78, 5) is 16.2. The van der Waals surface area contributed by atoms with Crippen molar-refractivity contribution in [3.63, 3.8) is 0 Å². The first-order valence-corrected chi connectivity index (χ1v) is 19.1. The highest BCUT2D eigenvalue weighted by molar-refractivity contribution is 7.22. The second kappa shape index (κ2) is 12.8. The Balaban J connectivity index is 1.40. The molecule has 50 heavy (non-hydrogen) atoms. The van der Waals surface area contributed by atoms with Crippen LogP contribution in [0.5, 0.6) is 0 Å². The maximum Gasteiger partial charge on any atom is 0.181 e. The van der Waals surface area contributed by atoms with E-state index in [0.29, 0.717) is 5.56 Å². The van der Waals surface area contributed by atoms with Crippen molar-refractivity contribution in [2.45, 2.75) is 13.8 Å². The molecular formula is C46H38N2OSi. The molecule has 0 spiro atoms. The molecule has 0 N–H and O–H groups in total. The van der Waals surface area contributed by atoms with Crippen LogP contribution in [0.15, 0.2) is 170 Å². The summed E-state index contributed by atoms with van der Waals surface area (Å²) in [6.45, 7) is 4.28. The van der Waals surface area contributed by atoms with Gasteiger partial charge in [-0.05, 0) is 130 Å². The summed E-state index contributed by atoms with van der Waals surface area (Å²) < 4.78 is 0. The summed E-state index contributed by atoms with van der Waals surface area (Å²) >= 11 is 0. The number of anilines is 5. The Hall–Kier alpha value is -5.97. The number of carbonyl (C=O) groups is 1. The van der Waals surface area contributed by atoms with Gasteiger partial charge in [0.25, 0.3) is 0 Å². The molecule has 0 atom stereocenters. The molecule has 1 aliphatic heterocycles. The van der Waals surface area contributed by atoms with Gasteiger partial charge in [0, 0.05) is 41.0 Å². The number of hydrogen-bond donors (Lipinski definition) is 0. The van der Waals surface area contributed by atoms with Crippen LogP contribution >= 0.6 is 0 Å². The number of aryl methyl sites for hydroxylation is 2. The number of carbonyl (C=O) groups excluding carboxylic acids is 1. The first kappa shape index (κ1) is 31.3. The van der Waals surface area contributed by atoms with Crippen LogP contribution in [-0.2, 0) is 0 Å². The number of hydrogen-bond acceptors (Lipinski definition) is 3. The highest BCUT2D eigenvalue weighted by Crippen LogP contribution is 2.39. The topological polar surface area (TPSA) is 23.6 Å². The normalized spacial score (nSPS) is 12.5. The Labute approximate surface area is 295 Å². The predicted molar refractivity (Wildman–Crippen MR) is 213 cm³/mol. The molecule has 8 rings (SSSR count). The molecular weight excluding hydrogens is 625 g/mol. The van der Waals surface area contributed by atoms with Crippen LogP contribution in [0.4, 0.5) is 28.4 Å². The van der Waals surface area contributed by atoms with Crippen LogP contribution in [0, 0.1) is 13.8 Å². The summed E-state index contributed by atoms with van der Waals surface area (Å²) in [5, 5.41) is 5.49. The van der Waals surface area contributed by atoms with Gasteiger partial charge in [0.1, 0.15) is 6.29 Å². The van der Waals surface area contributed by atoms with Crippen molar-refractivity contribution in [1.82, 2.24) is 0 Å². The molecule has 1 heterocycles. The van der Waals surface area contributed by atoms with Gasteiger partial charge in [-0.1, -0.05) is 97.1 Å². The number of nitrogens with zero attached hydrogens (tertiary/aromatic N) is 2. The van der Waals surface area contributed by atoms with E-state index in [4.69, 9.17) is 0 Å². The van der Waals surface area contributed by atoms with Crippen LogP contribution in [-0.4, -0.2) is 21.4 Å². The second-order valence-electron chi connectivity index (χ2n) is 13.2. The van der Waals surface area contributed by atoms with Gasteiger partial charge in [-0.3, -0.25) is 4.79 Å². The van der Waals surface area contributed by atoms with Gasteiger partial charge in [0.2, 0.25) is 0 Å². The predicted octanol–water partition coefficient (Wildman–Crippen LogP) is 8.71. The van der Waals surface area contributed by atoms with Crippen molar-refractivity contribution in [1.29, 1.82) is 0 Å². The molecule has 0 aromatic heterocycles. The van der Waals surface area contributed by atoms with Crippen LogP contribution in [0.2, 0.25) is 0 Å². The highest BCUT2D eigenvalue weighted by atomic mass is 28.3. The number of rotatable bonds is 8. The van der Waals surface area contributed by atoms with Crippen LogP contribution in [0.1, 0.15) is 21.5 Å². The second-order valence-corrected chi connectivity index (χ2v) is 17.0. The Morgan fingerprint density at radius 2 is 0.920 bits per heavy atom. The number of aldehydes is 1. The van der Waals surface area contributed by atoms with Crippen molar-refractivity contribution < 1.29 is 4.79 Å². The molecule has 0 saturated heterocycles. The Kier molecular flexibility index (Phi) is 8.02. The molecule has 0 saturated carbocycles. The first-order chi connectivity index (χ1) is 24.5. The lowest BCUT2D eigenvalue weighted by atomic mass is 10.0. The zero-order chi connectivity index (χ0) is 34.2. The van der Waals surface area contributed by atoms with E-state index in [-0.39, 0.29) is 0 Å².